The third-order valence-electron chi connectivity index (χ3n) is 4.74. The van der Waals surface area contributed by atoms with E-state index in [4.69, 9.17) is 20.4 Å². The van der Waals surface area contributed by atoms with Crippen LogP contribution in [0.1, 0.15) is 96.8 Å². The van der Waals surface area contributed by atoms with Crippen LogP contribution in [-0.4, -0.2) is 69.5 Å². The first-order valence-corrected chi connectivity index (χ1v) is 11.1. The van der Waals surface area contributed by atoms with Crippen molar-refractivity contribution >= 4 is 17.9 Å². The number of hydrogen-bond donors (Lipinski definition) is 4. The predicted octanol–water partition coefficient (Wildman–Crippen LogP) is 4.00. The Labute approximate surface area is 181 Å². The molecule has 0 aromatic rings. The Balaban J connectivity index is 0. The molecule has 178 valence electrons. The zero-order valence-corrected chi connectivity index (χ0v) is 19.1. The number of rotatable bonds is 18. The molecule has 0 saturated heterocycles. The van der Waals surface area contributed by atoms with Crippen molar-refractivity contribution < 1.29 is 34.8 Å². The zero-order chi connectivity index (χ0) is 23.4. The van der Waals surface area contributed by atoms with E-state index >= 15 is 0 Å². The largest absolute Gasteiger partial charge is 0.481 e. The summed E-state index contributed by atoms with van der Waals surface area (Å²) < 4.78 is 0. The monoisotopic (exact) mass is 433 g/mol. The first-order valence-electron chi connectivity index (χ1n) is 11.1. The molecule has 0 aliphatic rings. The summed E-state index contributed by atoms with van der Waals surface area (Å²) in [6, 6.07) is 0. The van der Waals surface area contributed by atoms with Gasteiger partial charge in [-0.2, -0.15) is 0 Å². The average molecular weight is 434 g/mol. The lowest BCUT2D eigenvalue weighted by molar-refractivity contribution is -0.170. The van der Waals surface area contributed by atoms with Crippen LogP contribution >= 0.6 is 0 Å². The average Bonchev–Trinajstić information content (AvgIpc) is 2.61. The van der Waals surface area contributed by atoms with Gasteiger partial charge in [0.1, 0.15) is 0 Å². The Bertz CT molecular complexity index is 450. The number of hydrogen-bond acceptors (Lipinski definition) is 5. The molecule has 0 aromatic heterocycles. The zero-order valence-electron chi connectivity index (χ0n) is 19.1. The van der Waals surface area contributed by atoms with E-state index in [1.54, 1.807) is 0 Å². The summed E-state index contributed by atoms with van der Waals surface area (Å²) >= 11 is 0. The molecular formula is C22H43NO7. The third kappa shape index (κ3) is 21.0. The molecule has 0 radical (unpaired) electrons. The van der Waals surface area contributed by atoms with Crippen molar-refractivity contribution in [2.24, 2.45) is 0 Å². The summed E-state index contributed by atoms with van der Waals surface area (Å²) in [5.41, 5.74) is -2.74. The second-order valence-corrected chi connectivity index (χ2v) is 8.17. The number of aliphatic carboxylic acids is 3. The molecular weight excluding hydrogens is 390 g/mol. The van der Waals surface area contributed by atoms with Crippen LogP contribution < -0.4 is 0 Å². The Kier molecular flexibility index (Phi) is 19.6. The number of nitrogens with zero attached hydrogens (tertiary/aromatic N) is 1. The highest BCUT2D eigenvalue weighted by Gasteiger charge is 2.40. The van der Waals surface area contributed by atoms with E-state index < -0.39 is 36.4 Å². The van der Waals surface area contributed by atoms with Crippen LogP contribution in [0.4, 0.5) is 0 Å². The van der Waals surface area contributed by atoms with Gasteiger partial charge in [0.2, 0.25) is 0 Å². The van der Waals surface area contributed by atoms with Gasteiger partial charge in [0.05, 0.1) is 12.8 Å². The van der Waals surface area contributed by atoms with E-state index in [9.17, 15) is 14.4 Å². The van der Waals surface area contributed by atoms with Crippen molar-refractivity contribution in [1.82, 2.24) is 4.90 Å². The topological polar surface area (TPSA) is 135 Å². The van der Waals surface area contributed by atoms with Crippen molar-refractivity contribution in [3.8, 4) is 0 Å². The minimum absolute atomic E-state index is 1.14. The molecule has 0 saturated carbocycles. The maximum Gasteiger partial charge on any atom is 0.336 e. The fraction of sp³-hybridized carbons (Fsp3) is 0.864. The van der Waals surface area contributed by atoms with Gasteiger partial charge in [0, 0.05) is 0 Å². The minimum atomic E-state index is -2.74. The molecule has 30 heavy (non-hydrogen) atoms. The number of carboxylic acid groups (broad SMARTS) is 3. The number of carbonyl (C=O) groups is 3. The Morgan fingerprint density at radius 3 is 1.27 bits per heavy atom. The fourth-order valence-corrected chi connectivity index (χ4v) is 2.98. The fourth-order valence-electron chi connectivity index (χ4n) is 2.98. The van der Waals surface area contributed by atoms with Gasteiger partial charge < -0.3 is 25.3 Å². The number of unbranched alkanes of at least 4 members (excludes halogenated alkanes) is 11. The minimum Gasteiger partial charge on any atom is -0.481 e. The van der Waals surface area contributed by atoms with Crippen molar-refractivity contribution in [3.63, 3.8) is 0 Å². The molecule has 0 amide bonds. The van der Waals surface area contributed by atoms with Crippen molar-refractivity contribution in [1.29, 1.82) is 0 Å². The lowest BCUT2D eigenvalue weighted by Gasteiger charge is -2.18. The lowest BCUT2D eigenvalue weighted by Crippen LogP contribution is -2.42. The van der Waals surface area contributed by atoms with Gasteiger partial charge in [0.25, 0.3) is 0 Å². The molecule has 0 aliphatic carbocycles. The first-order chi connectivity index (χ1) is 14.0. The molecule has 0 atom stereocenters. The predicted molar refractivity (Wildman–Crippen MR) is 117 cm³/mol. The number of aliphatic hydroxyl groups is 1. The van der Waals surface area contributed by atoms with Crippen molar-refractivity contribution in [2.45, 2.75) is 102 Å². The van der Waals surface area contributed by atoms with E-state index in [0.717, 1.165) is 0 Å². The maximum atomic E-state index is 10.3. The Morgan fingerprint density at radius 2 is 1.00 bits per heavy atom. The van der Waals surface area contributed by atoms with Crippen LogP contribution in [0, 0.1) is 0 Å². The van der Waals surface area contributed by atoms with Gasteiger partial charge in [-0.3, -0.25) is 9.59 Å². The van der Waals surface area contributed by atoms with Gasteiger partial charge in [-0.15, -0.1) is 0 Å². The summed E-state index contributed by atoms with van der Waals surface area (Å²) in [4.78, 5) is 32.8. The van der Waals surface area contributed by atoms with E-state index in [1.807, 2.05) is 0 Å². The SMILES string of the molecule is CCCCCCCCCCCCCCN(C)C.O=C(O)CC(O)(CC(=O)O)C(=O)O. The van der Waals surface area contributed by atoms with E-state index in [1.165, 1.54) is 83.6 Å². The van der Waals surface area contributed by atoms with E-state index in [2.05, 4.69) is 25.9 Å². The van der Waals surface area contributed by atoms with Crippen molar-refractivity contribution in [3.05, 3.63) is 0 Å². The van der Waals surface area contributed by atoms with Crippen LogP contribution in [0.5, 0.6) is 0 Å². The molecule has 0 unspecified atom stereocenters. The lowest BCUT2D eigenvalue weighted by atomic mass is 9.96. The number of carboxylic acids is 3. The molecule has 0 aromatic carbocycles. The van der Waals surface area contributed by atoms with Crippen LogP contribution in [0.25, 0.3) is 0 Å². The van der Waals surface area contributed by atoms with Gasteiger partial charge in [-0.25, -0.2) is 4.79 Å². The quantitative estimate of drug-likeness (QED) is 0.238. The first kappa shape index (κ1) is 30.5. The van der Waals surface area contributed by atoms with Crippen molar-refractivity contribution in [2.75, 3.05) is 20.6 Å². The molecule has 0 rings (SSSR count). The highest BCUT2D eigenvalue weighted by atomic mass is 16.4. The second kappa shape index (κ2) is 19.3. The summed E-state index contributed by atoms with van der Waals surface area (Å²) in [5, 5.41) is 33.8. The second-order valence-electron chi connectivity index (χ2n) is 8.17. The summed E-state index contributed by atoms with van der Waals surface area (Å²) in [5.74, 6) is -5.02. The molecule has 4 N–H and O–H groups in total. The molecule has 8 nitrogen and oxygen atoms in total. The molecule has 0 aliphatic heterocycles. The normalized spacial score (nSPS) is 11.1. The molecule has 0 fully saturated rings. The summed E-state index contributed by atoms with van der Waals surface area (Å²) in [6.45, 7) is 3.55. The van der Waals surface area contributed by atoms with Crippen LogP contribution in [0.2, 0.25) is 0 Å². The van der Waals surface area contributed by atoms with E-state index in [0.29, 0.717) is 0 Å². The Morgan fingerprint density at radius 1 is 0.667 bits per heavy atom. The smallest absolute Gasteiger partial charge is 0.336 e. The molecule has 8 heteroatoms. The van der Waals surface area contributed by atoms with Crippen LogP contribution in [0.3, 0.4) is 0 Å². The van der Waals surface area contributed by atoms with Gasteiger partial charge in [0.15, 0.2) is 5.60 Å². The summed E-state index contributed by atoms with van der Waals surface area (Å²) in [7, 11) is 4.33. The van der Waals surface area contributed by atoms with E-state index in [-0.39, 0.29) is 0 Å². The molecule has 0 heterocycles. The molecule has 0 bridgehead atoms. The highest BCUT2D eigenvalue weighted by molar-refractivity contribution is 5.88. The third-order valence-corrected chi connectivity index (χ3v) is 4.74. The molecule has 0 spiro atoms. The standard InChI is InChI=1S/C16H35N.C6H8O7/c1-4-5-6-7-8-9-10-11-12-13-14-15-16-17(2)3;7-3(8)1-6(13,5(11)12)2-4(9)10/h4-16H2,1-3H3;13H,1-2H2,(H,7,8)(H,9,10)(H,11,12). The maximum absolute atomic E-state index is 10.3. The Hall–Kier alpha value is -1.67. The summed E-state index contributed by atoms with van der Waals surface area (Å²) in [6.07, 6.45) is 15.0. The highest BCUT2D eigenvalue weighted by Crippen LogP contribution is 2.15. The van der Waals surface area contributed by atoms with Gasteiger partial charge in [-0.1, -0.05) is 77.6 Å². The van der Waals surface area contributed by atoms with Crippen LogP contribution in [-0.2, 0) is 14.4 Å². The van der Waals surface area contributed by atoms with Gasteiger partial charge >= 0.3 is 17.9 Å². The van der Waals surface area contributed by atoms with Gasteiger partial charge in [-0.05, 0) is 27.1 Å². The van der Waals surface area contributed by atoms with Crippen LogP contribution in [0.15, 0.2) is 0 Å².